The fourth-order valence-electron chi connectivity index (χ4n) is 2.87. The van der Waals surface area contributed by atoms with E-state index in [1.807, 2.05) is 32.9 Å². The van der Waals surface area contributed by atoms with Gasteiger partial charge in [-0.1, -0.05) is 12.1 Å². The summed E-state index contributed by atoms with van der Waals surface area (Å²) in [6.07, 6.45) is 2.00. The largest absolute Gasteiger partial charge is 0.444 e. The highest BCUT2D eigenvalue weighted by atomic mass is 16.6. The SMILES string of the molecule is COCCN(N)/C(=C\N)c1ccc2c(c1)CN(C(=O)OC(C)(C)C)CC2. The molecule has 0 fully saturated rings. The summed E-state index contributed by atoms with van der Waals surface area (Å²) in [5, 5.41) is 1.57. The third kappa shape index (κ3) is 5.12. The number of carbonyl (C=O) groups excluding carboxylic acids is 1. The minimum atomic E-state index is -0.504. The molecule has 0 aliphatic carbocycles. The maximum Gasteiger partial charge on any atom is 0.410 e. The zero-order valence-electron chi connectivity index (χ0n) is 16.1. The molecule has 0 atom stereocenters. The van der Waals surface area contributed by atoms with Crippen LogP contribution in [0.4, 0.5) is 4.79 Å². The Labute approximate surface area is 155 Å². The molecule has 1 aliphatic heterocycles. The van der Waals surface area contributed by atoms with Crippen LogP contribution < -0.4 is 11.6 Å². The number of hydrazine groups is 1. The minimum Gasteiger partial charge on any atom is -0.444 e. The number of nitrogens with zero attached hydrogens (tertiary/aromatic N) is 2. The molecular formula is C19H30N4O3. The Morgan fingerprint density at radius 1 is 1.35 bits per heavy atom. The van der Waals surface area contributed by atoms with Crippen LogP contribution >= 0.6 is 0 Å². The lowest BCUT2D eigenvalue weighted by Gasteiger charge is -2.31. The molecule has 1 heterocycles. The van der Waals surface area contributed by atoms with E-state index in [9.17, 15) is 4.79 Å². The van der Waals surface area contributed by atoms with E-state index in [1.165, 1.54) is 11.8 Å². The first kappa shape index (κ1) is 20.1. The molecule has 0 radical (unpaired) electrons. The normalized spacial score (nSPS) is 14.8. The number of rotatable bonds is 5. The number of amides is 1. The van der Waals surface area contributed by atoms with Gasteiger partial charge in [0.15, 0.2) is 0 Å². The van der Waals surface area contributed by atoms with E-state index in [1.54, 1.807) is 17.0 Å². The van der Waals surface area contributed by atoms with E-state index in [2.05, 4.69) is 6.07 Å². The average molecular weight is 362 g/mol. The number of nitrogens with two attached hydrogens (primary N) is 2. The number of carbonyl (C=O) groups is 1. The summed E-state index contributed by atoms with van der Waals surface area (Å²) in [4.78, 5) is 14.1. The molecule has 7 nitrogen and oxygen atoms in total. The van der Waals surface area contributed by atoms with Crippen LogP contribution in [0.15, 0.2) is 24.4 Å². The van der Waals surface area contributed by atoms with E-state index in [4.69, 9.17) is 21.1 Å². The van der Waals surface area contributed by atoms with Crippen LogP contribution in [0.5, 0.6) is 0 Å². The van der Waals surface area contributed by atoms with Gasteiger partial charge in [0, 0.05) is 32.0 Å². The van der Waals surface area contributed by atoms with E-state index in [0.717, 1.165) is 23.2 Å². The van der Waals surface area contributed by atoms with Gasteiger partial charge in [-0.3, -0.25) is 0 Å². The number of hydrogen-bond donors (Lipinski definition) is 2. The Morgan fingerprint density at radius 2 is 2.08 bits per heavy atom. The highest BCUT2D eigenvalue weighted by Gasteiger charge is 2.26. The first-order valence-electron chi connectivity index (χ1n) is 8.78. The first-order chi connectivity index (χ1) is 12.2. The molecule has 0 spiro atoms. The van der Waals surface area contributed by atoms with Gasteiger partial charge in [0.2, 0.25) is 0 Å². The average Bonchev–Trinajstić information content (AvgIpc) is 2.58. The van der Waals surface area contributed by atoms with E-state index in [-0.39, 0.29) is 6.09 Å². The van der Waals surface area contributed by atoms with E-state index in [0.29, 0.717) is 26.2 Å². The summed E-state index contributed by atoms with van der Waals surface area (Å²) >= 11 is 0. The second-order valence-electron chi connectivity index (χ2n) is 7.37. The molecule has 2 rings (SSSR count). The van der Waals surface area contributed by atoms with Crippen molar-refractivity contribution in [2.75, 3.05) is 26.8 Å². The molecule has 0 aromatic heterocycles. The number of benzene rings is 1. The summed E-state index contributed by atoms with van der Waals surface area (Å²) in [6, 6.07) is 6.12. The van der Waals surface area contributed by atoms with Gasteiger partial charge in [0.25, 0.3) is 0 Å². The van der Waals surface area contributed by atoms with Gasteiger partial charge in [-0.15, -0.1) is 0 Å². The molecule has 4 N–H and O–H groups in total. The summed E-state index contributed by atoms with van der Waals surface area (Å²) in [6.45, 7) is 7.81. The predicted molar refractivity (Wildman–Crippen MR) is 102 cm³/mol. The topological polar surface area (TPSA) is 94.0 Å². The van der Waals surface area contributed by atoms with Crippen LogP contribution in [0, 0.1) is 0 Å². The van der Waals surface area contributed by atoms with Crippen molar-refractivity contribution in [3.05, 3.63) is 41.1 Å². The quantitative estimate of drug-likeness (QED) is 0.615. The zero-order valence-corrected chi connectivity index (χ0v) is 16.1. The van der Waals surface area contributed by atoms with Crippen LogP contribution in [0.2, 0.25) is 0 Å². The van der Waals surface area contributed by atoms with Crippen molar-refractivity contribution < 1.29 is 14.3 Å². The lowest BCUT2D eigenvalue weighted by atomic mass is 9.96. The Kier molecular flexibility index (Phi) is 6.50. The van der Waals surface area contributed by atoms with Crippen molar-refractivity contribution >= 4 is 11.8 Å². The Hall–Kier alpha value is -2.25. The number of fused-ring (bicyclic) bond motifs is 1. The maximum absolute atomic E-state index is 12.4. The molecule has 1 aromatic rings. The van der Waals surface area contributed by atoms with Crippen LogP contribution in [-0.2, 0) is 22.4 Å². The Balaban J connectivity index is 2.17. The van der Waals surface area contributed by atoms with Crippen LogP contribution in [-0.4, -0.2) is 48.4 Å². The third-order valence-corrected chi connectivity index (χ3v) is 4.17. The molecule has 0 saturated carbocycles. The molecule has 1 aromatic carbocycles. The Bertz CT molecular complexity index is 667. The number of hydrogen-bond acceptors (Lipinski definition) is 6. The summed E-state index contributed by atoms with van der Waals surface area (Å²) in [5.74, 6) is 6.09. The fourth-order valence-corrected chi connectivity index (χ4v) is 2.87. The van der Waals surface area contributed by atoms with Crippen LogP contribution in [0.1, 0.15) is 37.5 Å². The third-order valence-electron chi connectivity index (χ3n) is 4.17. The van der Waals surface area contributed by atoms with Crippen molar-refractivity contribution in [1.82, 2.24) is 9.91 Å². The van der Waals surface area contributed by atoms with Crippen molar-refractivity contribution in [3.63, 3.8) is 0 Å². The van der Waals surface area contributed by atoms with Gasteiger partial charge in [-0.05, 0) is 44.4 Å². The number of ether oxygens (including phenoxy) is 2. The highest BCUT2D eigenvalue weighted by Crippen LogP contribution is 2.25. The van der Waals surface area contributed by atoms with Crippen molar-refractivity contribution in [3.8, 4) is 0 Å². The first-order valence-corrected chi connectivity index (χ1v) is 8.78. The van der Waals surface area contributed by atoms with Gasteiger partial charge >= 0.3 is 6.09 Å². The zero-order chi connectivity index (χ0) is 19.3. The van der Waals surface area contributed by atoms with Crippen molar-refractivity contribution in [1.29, 1.82) is 0 Å². The summed E-state index contributed by atoms with van der Waals surface area (Å²) in [5.41, 5.74) is 9.23. The molecule has 1 amide bonds. The number of methoxy groups -OCH3 is 1. The van der Waals surface area contributed by atoms with Gasteiger partial charge in [0.1, 0.15) is 5.60 Å². The maximum atomic E-state index is 12.4. The van der Waals surface area contributed by atoms with Crippen LogP contribution in [0.3, 0.4) is 0 Å². The standard InChI is InChI=1S/C19H30N4O3/c1-19(2,3)26-18(24)22-8-7-14-5-6-15(11-16(14)13-22)17(12-20)23(21)9-10-25-4/h5-6,11-12H,7-10,13,20-21H2,1-4H3/b17-12-. The smallest absolute Gasteiger partial charge is 0.410 e. The predicted octanol–water partition coefficient (Wildman–Crippen LogP) is 2.06. The molecule has 144 valence electrons. The lowest BCUT2D eigenvalue weighted by Crippen LogP contribution is -2.40. The molecule has 0 saturated heterocycles. The highest BCUT2D eigenvalue weighted by molar-refractivity contribution is 5.69. The van der Waals surface area contributed by atoms with Gasteiger partial charge in [-0.2, -0.15) is 0 Å². The minimum absolute atomic E-state index is 0.288. The van der Waals surface area contributed by atoms with E-state index < -0.39 is 5.60 Å². The van der Waals surface area contributed by atoms with E-state index >= 15 is 0 Å². The molecular weight excluding hydrogens is 332 g/mol. The molecule has 26 heavy (non-hydrogen) atoms. The molecule has 0 bridgehead atoms. The fraction of sp³-hybridized carbons (Fsp3) is 0.526. The lowest BCUT2D eigenvalue weighted by molar-refractivity contribution is 0.0224. The van der Waals surface area contributed by atoms with Crippen molar-refractivity contribution in [2.24, 2.45) is 11.6 Å². The van der Waals surface area contributed by atoms with Crippen LogP contribution in [0.25, 0.3) is 5.70 Å². The second kappa shape index (κ2) is 8.42. The molecule has 0 unspecified atom stereocenters. The van der Waals surface area contributed by atoms with Gasteiger partial charge in [0.05, 0.1) is 18.8 Å². The Morgan fingerprint density at radius 3 is 2.69 bits per heavy atom. The van der Waals surface area contributed by atoms with Gasteiger partial charge < -0.3 is 25.1 Å². The molecule has 1 aliphatic rings. The summed E-state index contributed by atoms with van der Waals surface area (Å²) < 4.78 is 10.6. The monoisotopic (exact) mass is 362 g/mol. The summed E-state index contributed by atoms with van der Waals surface area (Å²) in [7, 11) is 1.63. The van der Waals surface area contributed by atoms with Gasteiger partial charge in [-0.25, -0.2) is 10.6 Å². The molecule has 7 heteroatoms. The second-order valence-corrected chi connectivity index (χ2v) is 7.37. The van der Waals surface area contributed by atoms with Crippen molar-refractivity contribution in [2.45, 2.75) is 39.3 Å².